The summed E-state index contributed by atoms with van der Waals surface area (Å²) in [6.45, 7) is 10.8. The molecule has 0 N–H and O–H groups in total. The molecule has 2 heterocycles. The van der Waals surface area contributed by atoms with Crippen LogP contribution < -0.4 is 0 Å². The molecule has 2 aliphatic rings. The van der Waals surface area contributed by atoms with Gasteiger partial charge < -0.3 is 9.80 Å². The molecule has 2 aliphatic heterocycles. The van der Waals surface area contributed by atoms with E-state index in [1.54, 1.807) is 12.1 Å². The predicted octanol–water partition coefficient (Wildman–Crippen LogP) is 4.80. The molecule has 2 amide bonds. The zero-order chi connectivity index (χ0) is 21.2. The molecule has 1 unspecified atom stereocenters. The Bertz CT molecular complexity index is 753. The van der Waals surface area contributed by atoms with Crippen LogP contribution in [0.1, 0.15) is 63.7 Å². The predicted molar refractivity (Wildman–Crippen MR) is 116 cm³/mol. The largest absolute Gasteiger partial charge is 0.342 e. The highest BCUT2D eigenvalue weighted by Crippen LogP contribution is 2.44. The minimum Gasteiger partial charge on any atom is -0.342 e. The number of halogens is 1. The van der Waals surface area contributed by atoms with Crippen molar-refractivity contribution in [2.75, 3.05) is 25.4 Å². The van der Waals surface area contributed by atoms with Crippen molar-refractivity contribution in [1.29, 1.82) is 0 Å². The number of likely N-dealkylation sites (tertiary alicyclic amines) is 1. The third-order valence-electron chi connectivity index (χ3n) is 5.88. The van der Waals surface area contributed by atoms with Crippen LogP contribution in [0, 0.1) is 17.2 Å². The van der Waals surface area contributed by atoms with Crippen LogP contribution in [0.3, 0.4) is 0 Å². The van der Waals surface area contributed by atoms with Gasteiger partial charge in [-0.1, -0.05) is 33.8 Å². The topological polar surface area (TPSA) is 40.6 Å². The number of amides is 2. The Hall–Kier alpha value is -1.56. The highest BCUT2D eigenvalue weighted by atomic mass is 32.2. The Labute approximate surface area is 178 Å². The van der Waals surface area contributed by atoms with E-state index in [-0.39, 0.29) is 27.9 Å². The summed E-state index contributed by atoms with van der Waals surface area (Å²) in [5.41, 5.74) is 0.630. The molecular weight excluding hydrogens is 387 g/mol. The SMILES string of the molecule is CC(CC(=O)N1CCC2(CC1)SCCN2C(=O)c1cccc(F)c1)CC(C)(C)C. The maximum atomic E-state index is 13.6. The van der Waals surface area contributed by atoms with E-state index in [4.69, 9.17) is 0 Å². The first-order valence-corrected chi connectivity index (χ1v) is 11.6. The van der Waals surface area contributed by atoms with Crippen molar-refractivity contribution in [3.05, 3.63) is 35.6 Å². The lowest BCUT2D eigenvalue weighted by atomic mass is 9.84. The molecule has 0 bridgehead atoms. The Morgan fingerprint density at radius 1 is 1.21 bits per heavy atom. The summed E-state index contributed by atoms with van der Waals surface area (Å²) in [5.74, 6) is 0.986. The molecular formula is C23H33FN2O2S. The van der Waals surface area contributed by atoms with Crippen molar-refractivity contribution in [2.24, 2.45) is 11.3 Å². The summed E-state index contributed by atoms with van der Waals surface area (Å²) in [7, 11) is 0. The zero-order valence-corrected chi connectivity index (χ0v) is 18.9. The first-order chi connectivity index (χ1) is 13.6. The molecule has 6 heteroatoms. The third-order valence-corrected chi connectivity index (χ3v) is 7.43. The molecule has 0 saturated carbocycles. The standard InChI is InChI=1S/C23H33FN2O2S/c1-17(16-22(2,3)4)14-20(27)25-10-8-23(9-11-25)26(12-13-29-23)21(28)18-6-5-7-19(24)15-18/h5-7,15,17H,8-14,16H2,1-4H3. The molecule has 0 aliphatic carbocycles. The number of hydrogen-bond donors (Lipinski definition) is 0. The molecule has 2 saturated heterocycles. The van der Waals surface area contributed by atoms with Gasteiger partial charge in [-0.3, -0.25) is 9.59 Å². The van der Waals surface area contributed by atoms with Crippen molar-refractivity contribution < 1.29 is 14.0 Å². The average Bonchev–Trinajstić information content (AvgIpc) is 3.03. The number of thioether (sulfide) groups is 1. The quantitative estimate of drug-likeness (QED) is 0.703. The van der Waals surface area contributed by atoms with Crippen molar-refractivity contribution in [1.82, 2.24) is 9.80 Å². The second kappa shape index (κ2) is 8.66. The monoisotopic (exact) mass is 420 g/mol. The van der Waals surface area contributed by atoms with E-state index in [1.165, 1.54) is 12.1 Å². The van der Waals surface area contributed by atoms with Crippen LogP contribution in [0.5, 0.6) is 0 Å². The van der Waals surface area contributed by atoms with Crippen LogP contribution in [0.15, 0.2) is 24.3 Å². The first kappa shape index (κ1) is 22.1. The Balaban J connectivity index is 1.61. The smallest absolute Gasteiger partial charge is 0.255 e. The number of hydrogen-bond acceptors (Lipinski definition) is 3. The number of rotatable bonds is 4. The van der Waals surface area contributed by atoms with Crippen molar-refractivity contribution in [3.8, 4) is 0 Å². The maximum absolute atomic E-state index is 13.6. The summed E-state index contributed by atoms with van der Waals surface area (Å²) in [5, 5.41) is 0. The van der Waals surface area contributed by atoms with Gasteiger partial charge in [0.2, 0.25) is 5.91 Å². The lowest BCUT2D eigenvalue weighted by molar-refractivity contribution is -0.133. The molecule has 0 aromatic heterocycles. The fourth-order valence-corrected chi connectivity index (χ4v) is 6.19. The number of benzene rings is 1. The molecule has 4 nitrogen and oxygen atoms in total. The number of carbonyl (C=O) groups excluding carboxylic acids is 2. The van der Waals surface area contributed by atoms with E-state index in [2.05, 4.69) is 27.7 Å². The lowest BCUT2D eigenvalue weighted by Gasteiger charge is -2.44. The van der Waals surface area contributed by atoms with Crippen LogP contribution in [0.2, 0.25) is 0 Å². The molecule has 1 spiro atoms. The van der Waals surface area contributed by atoms with Crippen molar-refractivity contribution in [2.45, 2.75) is 58.2 Å². The minimum absolute atomic E-state index is 0.104. The van der Waals surface area contributed by atoms with Crippen LogP contribution in [0.4, 0.5) is 4.39 Å². The summed E-state index contributed by atoms with van der Waals surface area (Å²) in [6.07, 6.45) is 3.17. The summed E-state index contributed by atoms with van der Waals surface area (Å²) in [6, 6.07) is 5.93. The molecule has 29 heavy (non-hydrogen) atoms. The third kappa shape index (κ3) is 5.33. The molecule has 1 atom stereocenters. The lowest BCUT2D eigenvalue weighted by Crippen LogP contribution is -2.53. The Morgan fingerprint density at radius 3 is 2.52 bits per heavy atom. The van der Waals surface area contributed by atoms with E-state index in [9.17, 15) is 14.0 Å². The van der Waals surface area contributed by atoms with Crippen LogP contribution in [-0.4, -0.2) is 51.9 Å². The van der Waals surface area contributed by atoms with Crippen LogP contribution >= 0.6 is 11.8 Å². The Kier molecular flexibility index (Phi) is 6.61. The van der Waals surface area contributed by atoms with E-state index in [1.807, 2.05) is 21.6 Å². The second-order valence-corrected chi connectivity index (χ2v) is 11.2. The van der Waals surface area contributed by atoms with Gasteiger partial charge in [-0.05, 0) is 48.8 Å². The average molecular weight is 421 g/mol. The van der Waals surface area contributed by atoms with E-state index < -0.39 is 0 Å². The van der Waals surface area contributed by atoms with Gasteiger partial charge in [-0.15, -0.1) is 11.8 Å². The number of carbonyl (C=O) groups is 2. The molecule has 3 rings (SSSR count). The van der Waals surface area contributed by atoms with Gasteiger partial charge in [0.15, 0.2) is 0 Å². The highest BCUT2D eigenvalue weighted by molar-refractivity contribution is 8.00. The van der Waals surface area contributed by atoms with Gasteiger partial charge in [0, 0.05) is 37.4 Å². The van der Waals surface area contributed by atoms with Gasteiger partial charge >= 0.3 is 0 Å². The fraction of sp³-hybridized carbons (Fsp3) is 0.652. The minimum atomic E-state index is -0.387. The van der Waals surface area contributed by atoms with Crippen molar-refractivity contribution >= 4 is 23.6 Å². The summed E-state index contributed by atoms with van der Waals surface area (Å²) >= 11 is 1.81. The highest BCUT2D eigenvalue weighted by Gasteiger charge is 2.47. The molecule has 0 radical (unpaired) electrons. The van der Waals surface area contributed by atoms with E-state index in [0.717, 1.165) is 25.0 Å². The fourth-order valence-electron chi connectivity index (χ4n) is 4.74. The van der Waals surface area contributed by atoms with Crippen LogP contribution in [0.25, 0.3) is 0 Å². The molecule has 160 valence electrons. The van der Waals surface area contributed by atoms with Gasteiger partial charge in [0.1, 0.15) is 5.82 Å². The van der Waals surface area contributed by atoms with Gasteiger partial charge in [0.05, 0.1) is 4.87 Å². The maximum Gasteiger partial charge on any atom is 0.255 e. The Morgan fingerprint density at radius 2 is 1.90 bits per heavy atom. The molecule has 1 aromatic carbocycles. The van der Waals surface area contributed by atoms with E-state index >= 15 is 0 Å². The number of piperidine rings is 1. The zero-order valence-electron chi connectivity index (χ0n) is 18.0. The molecule has 2 fully saturated rings. The summed E-state index contributed by atoms with van der Waals surface area (Å²) in [4.78, 5) is 29.4. The first-order valence-electron chi connectivity index (χ1n) is 10.6. The van der Waals surface area contributed by atoms with Crippen molar-refractivity contribution in [3.63, 3.8) is 0 Å². The normalized spacial score (nSPS) is 20.2. The summed E-state index contributed by atoms with van der Waals surface area (Å²) < 4.78 is 13.6. The van der Waals surface area contributed by atoms with Crippen LogP contribution in [-0.2, 0) is 4.79 Å². The van der Waals surface area contributed by atoms with Gasteiger partial charge in [-0.2, -0.15) is 0 Å². The van der Waals surface area contributed by atoms with E-state index in [0.29, 0.717) is 37.5 Å². The van der Waals surface area contributed by atoms with Gasteiger partial charge in [-0.25, -0.2) is 4.39 Å². The molecule has 1 aromatic rings. The van der Waals surface area contributed by atoms with Gasteiger partial charge in [0.25, 0.3) is 5.91 Å². The number of nitrogens with zero attached hydrogens (tertiary/aromatic N) is 2. The second-order valence-electron chi connectivity index (χ2n) is 9.72.